The summed E-state index contributed by atoms with van der Waals surface area (Å²) in [7, 11) is 0. The third-order valence-electron chi connectivity index (χ3n) is 2.29. The summed E-state index contributed by atoms with van der Waals surface area (Å²) in [5.74, 6) is 0.300. The van der Waals surface area contributed by atoms with Crippen molar-refractivity contribution >= 4 is 5.97 Å². The van der Waals surface area contributed by atoms with Crippen molar-refractivity contribution < 1.29 is 14.3 Å². The first-order valence-corrected chi connectivity index (χ1v) is 5.03. The van der Waals surface area contributed by atoms with Gasteiger partial charge in [-0.2, -0.15) is 0 Å². The topological polar surface area (TPSA) is 50.4 Å². The lowest BCUT2D eigenvalue weighted by Crippen LogP contribution is -1.97. The van der Waals surface area contributed by atoms with Crippen LogP contribution in [0.4, 0.5) is 0 Å². The number of carboxylic acid groups (broad SMARTS) is 1. The van der Waals surface area contributed by atoms with Crippen molar-refractivity contribution in [2.45, 2.75) is 13.3 Å². The van der Waals surface area contributed by atoms with E-state index in [-0.39, 0.29) is 6.42 Å². The zero-order valence-corrected chi connectivity index (χ0v) is 8.93. The average molecular weight is 216 g/mol. The Hall–Kier alpha value is -2.03. The zero-order valence-electron chi connectivity index (χ0n) is 8.93. The fraction of sp³-hybridized carbons (Fsp3) is 0.154. The molecule has 0 fully saturated rings. The van der Waals surface area contributed by atoms with Crippen LogP contribution in [-0.4, -0.2) is 11.1 Å². The maximum absolute atomic E-state index is 10.5. The van der Waals surface area contributed by atoms with Gasteiger partial charge >= 0.3 is 5.97 Å². The summed E-state index contributed by atoms with van der Waals surface area (Å²) >= 11 is 0. The molecule has 1 aromatic heterocycles. The summed E-state index contributed by atoms with van der Waals surface area (Å²) < 4.78 is 5.45. The van der Waals surface area contributed by atoms with Crippen LogP contribution in [-0.2, 0) is 11.2 Å². The number of aryl methyl sites for hydroxylation is 1. The van der Waals surface area contributed by atoms with Crippen LogP contribution in [0.3, 0.4) is 0 Å². The molecule has 82 valence electrons. The number of carboxylic acids is 1. The summed E-state index contributed by atoms with van der Waals surface area (Å²) in [5.41, 5.74) is 2.12. The van der Waals surface area contributed by atoms with Crippen LogP contribution in [0.1, 0.15) is 11.3 Å². The molecule has 0 unspecified atom stereocenters. The molecule has 0 aliphatic carbocycles. The number of hydrogen-bond donors (Lipinski definition) is 1. The molecule has 1 heterocycles. The molecule has 1 aromatic carbocycles. The monoisotopic (exact) mass is 216 g/mol. The standard InChI is InChI=1S/C13H12O3/c1-9-3-2-4-10(7-9)12-6-5-11(16-12)8-13(14)15/h2-7H,8H2,1H3,(H,14,15). The fourth-order valence-corrected chi connectivity index (χ4v) is 1.58. The molecule has 16 heavy (non-hydrogen) atoms. The number of aliphatic carboxylic acids is 1. The first kappa shape index (κ1) is 10.5. The highest BCUT2D eigenvalue weighted by Gasteiger charge is 2.07. The van der Waals surface area contributed by atoms with Gasteiger partial charge < -0.3 is 9.52 Å². The molecular formula is C13H12O3. The highest BCUT2D eigenvalue weighted by Crippen LogP contribution is 2.23. The Morgan fingerprint density at radius 2 is 2.12 bits per heavy atom. The summed E-state index contributed by atoms with van der Waals surface area (Å²) in [6.45, 7) is 2.00. The maximum Gasteiger partial charge on any atom is 0.311 e. The van der Waals surface area contributed by atoms with Crippen molar-refractivity contribution in [1.82, 2.24) is 0 Å². The minimum absolute atomic E-state index is 0.0776. The predicted octanol–water partition coefficient (Wildman–Crippen LogP) is 2.88. The van der Waals surface area contributed by atoms with Crippen LogP contribution in [0.2, 0.25) is 0 Å². The molecule has 0 spiro atoms. The van der Waals surface area contributed by atoms with Gasteiger partial charge in [0.05, 0.1) is 0 Å². The predicted molar refractivity (Wildman–Crippen MR) is 60.2 cm³/mol. The largest absolute Gasteiger partial charge is 0.481 e. The number of hydrogen-bond acceptors (Lipinski definition) is 2. The molecule has 0 aliphatic heterocycles. The first-order chi connectivity index (χ1) is 7.65. The van der Waals surface area contributed by atoms with E-state index in [2.05, 4.69) is 0 Å². The lowest BCUT2D eigenvalue weighted by atomic mass is 10.1. The van der Waals surface area contributed by atoms with E-state index in [0.29, 0.717) is 11.5 Å². The van der Waals surface area contributed by atoms with Gasteiger partial charge in [0.1, 0.15) is 17.9 Å². The SMILES string of the molecule is Cc1cccc(-c2ccc(CC(=O)O)o2)c1. The Morgan fingerprint density at radius 3 is 2.81 bits per heavy atom. The van der Waals surface area contributed by atoms with Gasteiger partial charge in [-0.3, -0.25) is 4.79 Å². The quantitative estimate of drug-likeness (QED) is 0.858. The van der Waals surface area contributed by atoms with Gasteiger partial charge in [0.25, 0.3) is 0 Å². The normalized spacial score (nSPS) is 10.3. The minimum Gasteiger partial charge on any atom is -0.481 e. The van der Waals surface area contributed by atoms with Crippen LogP contribution in [0.5, 0.6) is 0 Å². The first-order valence-electron chi connectivity index (χ1n) is 5.03. The molecule has 0 aliphatic rings. The molecule has 0 bridgehead atoms. The molecule has 0 atom stereocenters. The van der Waals surface area contributed by atoms with Gasteiger partial charge in [-0.05, 0) is 25.1 Å². The van der Waals surface area contributed by atoms with E-state index in [1.807, 2.05) is 31.2 Å². The maximum atomic E-state index is 10.5. The number of benzene rings is 1. The van der Waals surface area contributed by atoms with Gasteiger partial charge in [0.2, 0.25) is 0 Å². The average Bonchev–Trinajstić information content (AvgIpc) is 2.65. The summed E-state index contributed by atoms with van der Waals surface area (Å²) in [5, 5.41) is 8.63. The van der Waals surface area contributed by atoms with E-state index >= 15 is 0 Å². The van der Waals surface area contributed by atoms with Gasteiger partial charge in [-0.25, -0.2) is 0 Å². The Labute approximate surface area is 93.3 Å². The van der Waals surface area contributed by atoms with E-state index in [1.165, 1.54) is 0 Å². The molecule has 3 nitrogen and oxygen atoms in total. The highest BCUT2D eigenvalue weighted by atomic mass is 16.4. The van der Waals surface area contributed by atoms with E-state index < -0.39 is 5.97 Å². The van der Waals surface area contributed by atoms with Gasteiger partial charge in [0, 0.05) is 5.56 Å². The summed E-state index contributed by atoms with van der Waals surface area (Å²) in [6.07, 6.45) is -0.0776. The van der Waals surface area contributed by atoms with E-state index in [0.717, 1.165) is 11.1 Å². The molecule has 0 saturated heterocycles. The van der Waals surface area contributed by atoms with Crippen LogP contribution in [0.25, 0.3) is 11.3 Å². The Kier molecular flexibility index (Phi) is 2.77. The van der Waals surface area contributed by atoms with Crippen LogP contribution in [0, 0.1) is 6.92 Å². The second-order valence-corrected chi connectivity index (χ2v) is 3.71. The Balaban J connectivity index is 2.28. The minimum atomic E-state index is -0.884. The van der Waals surface area contributed by atoms with Gasteiger partial charge in [-0.1, -0.05) is 23.8 Å². The molecule has 0 radical (unpaired) electrons. The van der Waals surface area contributed by atoms with Crippen LogP contribution in [0.15, 0.2) is 40.8 Å². The lowest BCUT2D eigenvalue weighted by Gasteiger charge is -1.98. The lowest BCUT2D eigenvalue weighted by molar-refractivity contribution is -0.136. The van der Waals surface area contributed by atoms with E-state index in [9.17, 15) is 4.79 Å². The van der Waals surface area contributed by atoms with Crippen molar-refractivity contribution in [3.8, 4) is 11.3 Å². The van der Waals surface area contributed by atoms with Crippen LogP contribution >= 0.6 is 0 Å². The zero-order chi connectivity index (χ0) is 11.5. The molecule has 0 amide bonds. The smallest absolute Gasteiger partial charge is 0.311 e. The number of carbonyl (C=O) groups is 1. The molecular weight excluding hydrogens is 204 g/mol. The van der Waals surface area contributed by atoms with E-state index in [1.54, 1.807) is 12.1 Å². The van der Waals surface area contributed by atoms with Crippen LogP contribution < -0.4 is 0 Å². The second-order valence-electron chi connectivity index (χ2n) is 3.71. The second kappa shape index (κ2) is 4.23. The van der Waals surface area contributed by atoms with Crippen molar-refractivity contribution in [2.75, 3.05) is 0 Å². The molecule has 0 saturated carbocycles. The molecule has 2 rings (SSSR count). The molecule has 2 aromatic rings. The van der Waals surface area contributed by atoms with Crippen molar-refractivity contribution in [1.29, 1.82) is 0 Å². The van der Waals surface area contributed by atoms with Gasteiger partial charge in [-0.15, -0.1) is 0 Å². The van der Waals surface area contributed by atoms with Crippen molar-refractivity contribution in [3.05, 3.63) is 47.7 Å². The molecule has 1 N–H and O–H groups in total. The number of rotatable bonds is 3. The number of furan rings is 1. The van der Waals surface area contributed by atoms with Crippen molar-refractivity contribution in [3.63, 3.8) is 0 Å². The third kappa shape index (κ3) is 2.31. The summed E-state index contributed by atoms with van der Waals surface area (Å²) in [6, 6.07) is 11.4. The Bertz CT molecular complexity index is 511. The third-order valence-corrected chi connectivity index (χ3v) is 2.29. The summed E-state index contributed by atoms with van der Waals surface area (Å²) in [4.78, 5) is 10.5. The Morgan fingerprint density at radius 1 is 1.31 bits per heavy atom. The fourth-order valence-electron chi connectivity index (χ4n) is 1.58. The molecule has 3 heteroatoms. The van der Waals surface area contributed by atoms with Crippen molar-refractivity contribution in [2.24, 2.45) is 0 Å². The highest BCUT2D eigenvalue weighted by molar-refractivity contribution is 5.70. The van der Waals surface area contributed by atoms with Gasteiger partial charge in [0.15, 0.2) is 0 Å². The van der Waals surface area contributed by atoms with E-state index in [4.69, 9.17) is 9.52 Å².